The molecular weight excluding hydrogens is 354 g/mol. The van der Waals surface area contributed by atoms with Crippen molar-refractivity contribution < 1.29 is 14.3 Å². The molecule has 3 rings (SSSR count). The number of para-hydroxylation sites is 2. The molecule has 1 atom stereocenters. The van der Waals surface area contributed by atoms with Crippen LogP contribution >= 0.6 is 0 Å². The smallest absolute Gasteiger partial charge is 0.239 e. The molecule has 2 aliphatic rings. The lowest BCUT2D eigenvalue weighted by atomic mass is 9.87. The Morgan fingerprint density at radius 1 is 1.14 bits per heavy atom. The second kappa shape index (κ2) is 8.95. The van der Waals surface area contributed by atoms with Crippen LogP contribution in [-0.2, 0) is 14.3 Å². The Kier molecular flexibility index (Phi) is 6.60. The average Bonchev–Trinajstić information content (AvgIpc) is 2.74. The van der Waals surface area contributed by atoms with E-state index in [0.29, 0.717) is 13.2 Å². The number of anilines is 2. The van der Waals surface area contributed by atoms with Crippen molar-refractivity contribution in [1.82, 2.24) is 4.90 Å². The first kappa shape index (κ1) is 20.6. The van der Waals surface area contributed by atoms with Crippen LogP contribution in [0.5, 0.6) is 0 Å². The van der Waals surface area contributed by atoms with Gasteiger partial charge in [-0.25, -0.2) is 0 Å². The van der Waals surface area contributed by atoms with Crippen molar-refractivity contribution in [1.29, 1.82) is 0 Å². The number of benzene rings is 1. The van der Waals surface area contributed by atoms with Gasteiger partial charge in [0, 0.05) is 25.7 Å². The van der Waals surface area contributed by atoms with E-state index < -0.39 is 5.41 Å². The number of likely N-dealkylation sites (tertiary alicyclic amines) is 1. The molecule has 1 aromatic rings. The molecule has 0 aliphatic carbocycles. The van der Waals surface area contributed by atoms with Gasteiger partial charge in [0.2, 0.25) is 11.8 Å². The van der Waals surface area contributed by atoms with Crippen LogP contribution in [0.2, 0.25) is 0 Å². The number of ether oxygens (including phenoxy) is 1. The Balaban J connectivity index is 1.75. The van der Waals surface area contributed by atoms with E-state index in [-0.39, 0.29) is 17.9 Å². The number of piperidine rings is 1. The lowest BCUT2D eigenvalue weighted by Gasteiger charge is -2.39. The number of rotatable bonds is 5. The fraction of sp³-hybridized carbons (Fsp3) is 0.636. The summed E-state index contributed by atoms with van der Waals surface area (Å²) < 4.78 is 5.44. The van der Waals surface area contributed by atoms with Crippen molar-refractivity contribution in [2.75, 3.05) is 43.1 Å². The van der Waals surface area contributed by atoms with Crippen LogP contribution in [0, 0.1) is 5.41 Å². The molecule has 0 aromatic heterocycles. The minimum Gasteiger partial charge on any atom is -0.378 e. The van der Waals surface area contributed by atoms with Crippen LogP contribution in [0.25, 0.3) is 0 Å². The van der Waals surface area contributed by atoms with Crippen molar-refractivity contribution in [2.45, 2.75) is 52.5 Å². The first-order valence-electron chi connectivity index (χ1n) is 10.5. The maximum Gasteiger partial charge on any atom is 0.239 e. The Labute approximate surface area is 168 Å². The van der Waals surface area contributed by atoms with Crippen molar-refractivity contribution in [3.05, 3.63) is 24.3 Å². The molecule has 6 heteroatoms. The normalized spacial score (nSPS) is 20.8. The third-order valence-corrected chi connectivity index (χ3v) is 5.97. The van der Waals surface area contributed by atoms with E-state index in [0.717, 1.165) is 56.7 Å². The highest BCUT2D eigenvalue weighted by atomic mass is 16.5. The molecule has 6 nitrogen and oxygen atoms in total. The van der Waals surface area contributed by atoms with Crippen molar-refractivity contribution >= 4 is 23.2 Å². The predicted octanol–water partition coefficient (Wildman–Crippen LogP) is 3.28. The minimum absolute atomic E-state index is 0.0691. The standard InChI is InChI=1S/C22H33N3O3/c1-4-17-9-7-8-12-25(17)21(27)22(2,3)20(26)23-18-10-5-6-11-19(18)24-13-15-28-16-14-24/h5-6,10-11,17H,4,7-9,12-16H2,1-3H3,(H,23,26). The summed E-state index contributed by atoms with van der Waals surface area (Å²) in [4.78, 5) is 30.5. The molecule has 0 spiro atoms. The van der Waals surface area contributed by atoms with Gasteiger partial charge in [-0.3, -0.25) is 9.59 Å². The van der Waals surface area contributed by atoms with E-state index in [1.807, 2.05) is 29.2 Å². The van der Waals surface area contributed by atoms with Gasteiger partial charge in [0.15, 0.2) is 0 Å². The predicted molar refractivity (Wildman–Crippen MR) is 112 cm³/mol. The molecule has 154 valence electrons. The maximum atomic E-state index is 13.2. The molecule has 1 aromatic carbocycles. The Hall–Kier alpha value is -2.08. The lowest BCUT2D eigenvalue weighted by molar-refractivity contribution is -0.149. The number of nitrogens with zero attached hydrogens (tertiary/aromatic N) is 2. The molecule has 0 radical (unpaired) electrons. The SMILES string of the molecule is CCC1CCCCN1C(=O)C(C)(C)C(=O)Nc1ccccc1N1CCOCC1. The fourth-order valence-electron chi connectivity index (χ4n) is 4.09. The highest BCUT2D eigenvalue weighted by Gasteiger charge is 2.41. The van der Waals surface area contributed by atoms with Crippen LogP contribution in [-0.4, -0.2) is 55.6 Å². The molecule has 2 saturated heterocycles. The van der Waals surface area contributed by atoms with Crippen LogP contribution in [0.3, 0.4) is 0 Å². The summed E-state index contributed by atoms with van der Waals surface area (Å²) in [5, 5.41) is 3.03. The Morgan fingerprint density at radius 2 is 1.86 bits per heavy atom. The zero-order chi connectivity index (χ0) is 20.1. The van der Waals surface area contributed by atoms with Gasteiger partial charge in [-0.15, -0.1) is 0 Å². The number of amides is 2. The number of morpholine rings is 1. The minimum atomic E-state index is -1.11. The van der Waals surface area contributed by atoms with Gasteiger partial charge in [-0.2, -0.15) is 0 Å². The third-order valence-electron chi connectivity index (χ3n) is 5.97. The van der Waals surface area contributed by atoms with E-state index >= 15 is 0 Å². The summed E-state index contributed by atoms with van der Waals surface area (Å²) in [7, 11) is 0. The van der Waals surface area contributed by atoms with Crippen LogP contribution in [0.15, 0.2) is 24.3 Å². The second-order valence-corrected chi connectivity index (χ2v) is 8.25. The molecule has 2 fully saturated rings. The number of nitrogens with one attached hydrogen (secondary N) is 1. The number of carbonyl (C=O) groups excluding carboxylic acids is 2. The van der Waals surface area contributed by atoms with Crippen molar-refractivity contribution in [3.63, 3.8) is 0 Å². The maximum absolute atomic E-state index is 13.2. The van der Waals surface area contributed by atoms with Gasteiger partial charge in [0.05, 0.1) is 24.6 Å². The molecule has 2 heterocycles. The first-order valence-corrected chi connectivity index (χ1v) is 10.5. The fourth-order valence-corrected chi connectivity index (χ4v) is 4.09. The zero-order valence-corrected chi connectivity index (χ0v) is 17.4. The van der Waals surface area contributed by atoms with E-state index in [2.05, 4.69) is 17.1 Å². The third kappa shape index (κ3) is 4.32. The molecule has 2 amide bonds. The van der Waals surface area contributed by atoms with Gasteiger partial charge in [0.1, 0.15) is 5.41 Å². The average molecular weight is 388 g/mol. The highest BCUT2D eigenvalue weighted by Crippen LogP contribution is 2.31. The summed E-state index contributed by atoms with van der Waals surface area (Å²) in [5.41, 5.74) is 0.621. The Bertz CT molecular complexity index is 698. The first-order chi connectivity index (χ1) is 13.4. The largest absolute Gasteiger partial charge is 0.378 e. The quantitative estimate of drug-likeness (QED) is 0.788. The van der Waals surface area contributed by atoms with Gasteiger partial charge in [0.25, 0.3) is 0 Å². The van der Waals surface area contributed by atoms with E-state index in [4.69, 9.17) is 4.74 Å². The van der Waals surface area contributed by atoms with E-state index in [1.54, 1.807) is 13.8 Å². The van der Waals surface area contributed by atoms with Gasteiger partial charge in [-0.1, -0.05) is 19.1 Å². The topological polar surface area (TPSA) is 61.9 Å². The summed E-state index contributed by atoms with van der Waals surface area (Å²) >= 11 is 0. The lowest BCUT2D eigenvalue weighted by Crippen LogP contribution is -2.52. The summed E-state index contributed by atoms with van der Waals surface area (Å²) in [6.07, 6.45) is 4.13. The summed E-state index contributed by atoms with van der Waals surface area (Å²) in [5.74, 6) is -0.320. The number of carbonyl (C=O) groups is 2. The molecular formula is C22H33N3O3. The zero-order valence-electron chi connectivity index (χ0n) is 17.4. The van der Waals surface area contributed by atoms with Crippen LogP contribution < -0.4 is 10.2 Å². The number of hydrogen-bond acceptors (Lipinski definition) is 4. The van der Waals surface area contributed by atoms with Gasteiger partial charge >= 0.3 is 0 Å². The summed E-state index contributed by atoms with van der Waals surface area (Å²) in [6, 6.07) is 8.03. The molecule has 0 bridgehead atoms. The monoisotopic (exact) mass is 387 g/mol. The van der Waals surface area contributed by atoms with E-state index in [9.17, 15) is 9.59 Å². The molecule has 1 unspecified atom stereocenters. The molecule has 0 saturated carbocycles. The summed E-state index contributed by atoms with van der Waals surface area (Å²) in [6.45, 7) is 9.29. The molecule has 1 N–H and O–H groups in total. The van der Waals surface area contributed by atoms with Crippen LogP contribution in [0.4, 0.5) is 11.4 Å². The van der Waals surface area contributed by atoms with E-state index in [1.165, 1.54) is 0 Å². The Morgan fingerprint density at radius 3 is 2.57 bits per heavy atom. The van der Waals surface area contributed by atoms with Gasteiger partial charge < -0.3 is 19.9 Å². The molecule has 28 heavy (non-hydrogen) atoms. The highest BCUT2D eigenvalue weighted by molar-refractivity contribution is 6.10. The second-order valence-electron chi connectivity index (χ2n) is 8.25. The van der Waals surface area contributed by atoms with Crippen molar-refractivity contribution in [3.8, 4) is 0 Å². The molecule has 2 aliphatic heterocycles. The number of hydrogen-bond donors (Lipinski definition) is 1. The van der Waals surface area contributed by atoms with Gasteiger partial charge in [-0.05, 0) is 51.7 Å². The van der Waals surface area contributed by atoms with Crippen LogP contribution in [0.1, 0.15) is 46.5 Å². The van der Waals surface area contributed by atoms with Crippen molar-refractivity contribution in [2.24, 2.45) is 5.41 Å².